The lowest BCUT2D eigenvalue weighted by Crippen LogP contribution is -2.45. The van der Waals surface area contributed by atoms with Crippen molar-refractivity contribution in [3.63, 3.8) is 0 Å². The Kier molecular flexibility index (Phi) is 5.85. The number of amides is 1. The standard InChI is InChI=1S/C15H22ClN3O2/c16-13-6-5-11(17)9-14(13)18-15(21)10-19(7-2-8-20)12-3-1-4-12/h5-6,9,12,20H,1-4,7-8,10,17H2,(H,18,21). The fourth-order valence-corrected chi connectivity index (χ4v) is 2.59. The van der Waals surface area contributed by atoms with Crippen LogP contribution < -0.4 is 11.1 Å². The minimum atomic E-state index is -0.104. The fraction of sp³-hybridized carbons (Fsp3) is 0.533. The number of carbonyl (C=O) groups excluding carboxylic acids is 1. The van der Waals surface area contributed by atoms with Crippen LogP contribution in [0.25, 0.3) is 0 Å². The lowest BCUT2D eigenvalue weighted by atomic mass is 9.91. The number of nitrogens with one attached hydrogen (secondary N) is 1. The van der Waals surface area contributed by atoms with Gasteiger partial charge in [0.2, 0.25) is 5.91 Å². The Labute approximate surface area is 130 Å². The van der Waals surface area contributed by atoms with E-state index in [2.05, 4.69) is 10.2 Å². The average Bonchev–Trinajstić information content (AvgIpc) is 2.38. The first-order valence-corrected chi connectivity index (χ1v) is 7.67. The summed E-state index contributed by atoms with van der Waals surface area (Å²) in [6, 6.07) is 5.47. The maximum Gasteiger partial charge on any atom is 0.238 e. The normalized spacial score (nSPS) is 15.0. The van der Waals surface area contributed by atoms with Gasteiger partial charge in [0.1, 0.15) is 0 Å². The summed E-state index contributed by atoms with van der Waals surface area (Å²) < 4.78 is 0. The monoisotopic (exact) mass is 311 g/mol. The van der Waals surface area contributed by atoms with Gasteiger partial charge in [-0.05, 0) is 37.5 Å². The molecule has 1 aromatic carbocycles. The van der Waals surface area contributed by atoms with E-state index in [-0.39, 0.29) is 12.5 Å². The van der Waals surface area contributed by atoms with Crippen molar-refractivity contribution >= 4 is 28.9 Å². The first-order valence-electron chi connectivity index (χ1n) is 7.30. The molecule has 2 rings (SSSR count). The average molecular weight is 312 g/mol. The number of halogens is 1. The number of hydrogen-bond acceptors (Lipinski definition) is 4. The van der Waals surface area contributed by atoms with Crippen molar-refractivity contribution < 1.29 is 9.90 Å². The van der Waals surface area contributed by atoms with Gasteiger partial charge in [0.25, 0.3) is 0 Å². The predicted octanol–water partition coefficient (Wildman–Crippen LogP) is 2.10. The molecule has 4 N–H and O–H groups in total. The zero-order valence-corrected chi connectivity index (χ0v) is 12.8. The summed E-state index contributed by atoms with van der Waals surface area (Å²) in [4.78, 5) is 14.3. The molecule has 1 saturated carbocycles. The van der Waals surface area contributed by atoms with Crippen LogP contribution in [0.15, 0.2) is 18.2 Å². The van der Waals surface area contributed by atoms with Gasteiger partial charge in [-0.25, -0.2) is 0 Å². The van der Waals surface area contributed by atoms with E-state index in [0.717, 1.165) is 19.4 Å². The molecule has 1 fully saturated rings. The number of nitrogens with zero attached hydrogens (tertiary/aromatic N) is 1. The molecule has 0 spiro atoms. The van der Waals surface area contributed by atoms with Crippen LogP contribution in [-0.4, -0.2) is 41.7 Å². The molecule has 0 atom stereocenters. The van der Waals surface area contributed by atoms with E-state index in [1.165, 1.54) is 6.42 Å². The molecule has 0 radical (unpaired) electrons. The summed E-state index contributed by atoms with van der Waals surface area (Å²) in [5.74, 6) is -0.104. The zero-order chi connectivity index (χ0) is 15.2. The van der Waals surface area contributed by atoms with Gasteiger partial charge >= 0.3 is 0 Å². The summed E-state index contributed by atoms with van der Waals surface area (Å²) in [6.45, 7) is 1.20. The second kappa shape index (κ2) is 7.64. The van der Waals surface area contributed by atoms with Crippen molar-refractivity contribution in [2.24, 2.45) is 0 Å². The highest BCUT2D eigenvalue weighted by molar-refractivity contribution is 6.33. The third-order valence-corrected chi connectivity index (χ3v) is 4.14. The molecule has 0 aliphatic heterocycles. The van der Waals surface area contributed by atoms with E-state index in [1.807, 2.05) is 0 Å². The summed E-state index contributed by atoms with van der Waals surface area (Å²) in [5, 5.41) is 12.2. The summed E-state index contributed by atoms with van der Waals surface area (Å²) >= 11 is 6.04. The van der Waals surface area contributed by atoms with Crippen LogP contribution in [0.3, 0.4) is 0 Å². The van der Waals surface area contributed by atoms with Gasteiger partial charge in [0, 0.05) is 24.9 Å². The summed E-state index contributed by atoms with van der Waals surface area (Å²) in [5.41, 5.74) is 6.80. The lowest BCUT2D eigenvalue weighted by molar-refractivity contribution is -0.118. The SMILES string of the molecule is Nc1ccc(Cl)c(NC(=O)CN(CCCO)C2CCC2)c1. The topological polar surface area (TPSA) is 78.6 Å². The molecule has 1 aromatic rings. The number of anilines is 2. The van der Waals surface area contributed by atoms with Crippen molar-refractivity contribution in [1.29, 1.82) is 0 Å². The molecule has 1 aliphatic carbocycles. The van der Waals surface area contributed by atoms with Gasteiger partial charge in [-0.2, -0.15) is 0 Å². The lowest BCUT2D eigenvalue weighted by Gasteiger charge is -2.37. The maximum atomic E-state index is 12.2. The second-order valence-electron chi connectivity index (χ2n) is 5.42. The molecule has 0 bridgehead atoms. The van der Waals surface area contributed by atoms with Gasteiger partial charge in [0.05, 0.1) is 17.3 Å². The molecular formula is C15H22ClN3O2. The summed E-state index contributed by atoms with van der Waals surface area (Å²) in [7, 11) is 0. The van der Waals surface area contributed by atoms with Crippen molar-refractivity contribution in [3.05, 3.63) is 23.2 Å². The Hall–Kier alpha value is -1.30. The number of aliphatic hydroxyl groups is 1. The Morgan fingerprint density at radius 3 is 2.86 bits per heavy atom. The second-order valence-corrected chi connectivity index (χ2v) is 5.83. The van der Waals surface area contributed by atoms with E-state index < -0.39 is 0 Å². The highest BCUT2D eigenvalue weighted by Gasteiger charge is 2.26. The molecule has 0 aromatic heterocycles. The molecule has 0 unspecified atom stereocenters. The molecular weight excluding hydrogens is 290 g/mol. The zero-order valence-electron chi connectivity index (χ0n) is 12.0. The molecule has 1 amide bonds. The minimum absolute atomic E-state index is 0.104. The smallest absolute Gasteiger partial charge is 0.238 e. The number of carbonyl (C=O) groups is 1. The van der Waals surface area contributed by atoms with Crippen LogP contribution in [0, 0.1) is 0 Å². The third-order valence-electron chi connectivity index (χ3n) is 3.81. The van der Waals surface area contributed by atoms with Crippen molar-refractivity contribution in [2.75, 3.05) is 30.7 Å². The van der Waals surface area contributed by atoms with Crippen molar-refractivity contribution in [2.45, 2.75) is 31.7 Å². The van der Waals surface area contributed by atoms with E-state index in [9.17, 15) is 4.79 Å². The van der Waals surface area contributed by atoms with E-state index >= 15 is 0 Å². The van der Waals surface area contributed by atoms with Gasteiger partial charge in [0.15, 0.2) is 0 Å². The minimum Gasteiger partial charge on any atom is -0.399 e. The van der Waals surface area contributed by atoms with E-state index in [4.69, 9.17) is 22.4 Å². The highest BCUT2D eigenvalue weighted by atomic mass is 35.5. The molecule has 116 valence electrons. The van der Waals surface area contributed by atoms with Crippen LogP contribution in [0.4, 0.5) is 11.4 Å². The van der Waals surface area contributed by atoms with Gasteiger partial charge < -0.3 is 16.2 Å². The Balaban J connectivity index is 1.93. The van der Waals surface area contributed by atoms with Crippen molar-refractivity contribution in [3.8, 4) is 0 Å². The number of aliphatic hydroxyl groups excluding tert-OH is 1. The van der Waals surface area contributed by atoms with Crippen LogP contribution in [0.1, 0.15) is 25.7 Å². The van der Waals surface area contributed by atoms with Crippen LogP contribution >= 0.6 is 11.6 Å². The van der Waals surface area contributed by atoms with E-state index in [0.29, 0.717) is 35.4 Å². The Morgan fingerprint density at radius 2 is 2.24 bits per heavy atom. The highest BCUT2D eigenvalue weighted by Crippen LogP contribution is 2.26. The van der Waals surface area contributed by atoms with Crippen molar-refractivity contribution in [1.82, 2.24) is 4.90 Å². The van der Waals surface area contributed by atoms with Gasteiger partial charge in [-0.3, -0.25) is 9.69 Å². The van der Waals surface area contributed by atoms with Crippen LogP contribution in [-0.2, 0) is 4.79 Å². The molecule has 5 nitrogen and oxygen atoms in total. The predicted molar refractivity (Wildman–Crippen MR) is 85.4 cm³/mol. The maximum absolute atomic E-state index is 12.2. The first-order chi connectivity index (χ1) is 10.1. The van der Waals surface area contributed by atoms with Gasteiger partial charge in [-0.15, -0.1) is 0 Å². The fourth-order valence-electron chi connectivity index (χ4n) is 2.43. The Bertz CT molecular complexity index is 492. The molecule has 1 aliphatic rings. The number of nitrogen functional groups attached to an aromatic ring is 1. The largest absolute Gasteiger partial charge is 0.399 e. The summed E-state index contributed by atoms with van der Waals surface area (Å²) in [6.07, 6.45) is 4.14. The third kappa shape index (κ3) is 4.59. The molecule has 0 saturated heterocycles. The number of hydrogen-bond donors (Lipinski definition) is 3. The number of rotatable bonds is 7. The Morgan fingerprint density at radius 1 is 1.48 bits per heavy atom. The van der Waals surface area contributed by atoms with Crippen LogP contribution in [0.5, 0.6) is 0 Å². The molecule has 0 heterocycles. The first kappa shape index (κ1) is 16.1. The van der Waals surface area contributed by atoms with E-state index in [1.54, 1.807) is 18.2 Å². The quantitative estimate of drug-likeness (QED) is 0.674. The molecule has 21 heavy (non-hydrogen) atoms. The number of benzene rings is 1. The van der Waals surface area contributed by atoms with Crippen LogP contribution in [0.2, 0.25) is 5.02 Å². The number of nitrogens with two attached hydrogens (primary N) is 1. The van der Waals surface area contributed by atoms with Gasteiger partial charge in [-0.1, -0.05) is 18.0 Å². The molecule has 6 heteroatoms.